The van der Waals surface area contributed by atoms with Crippen LogP contribution in [0.3, 0.4) is 0 Å². The average molecular weight is 311 g/mol. The standard InChI is InChI=1S/C19H21NO3/c1-19(2,3)17(20-18(22)23)16-6-4-5-15(11-16)14-9-7-13(12-21)8-10-14/h4-12,17,20H,1-3H3,(H,22,23). The molecule has 2 aromatic carbocycles. The minimum absolute atomic E-state index is 0.252. The second-order valence-corrected chi connectivity index (χ2v) is 6.61. The van der Waals surface area contributed by atoms with Crippen LogP contribution < -0.4 is 5.32 Å². The van der Waals surface area contributed by atoms with Crippen LogP contribution in [0.5, 0.6) is 0 Å². The first-order valence-electron chi connectivity index (χ1n) is 7.46. The number of carbonyl (C=O) groups is 2. The minimum atomic E-state index is -1.04. The molecule has 0 aliphatic carbocycles. The van der Waals surface area contributed by atoms with Crippen molar-refractivity contribution in [2.75, 3.05) is 0 Å². The Morgan fingerprint density at radius 2 is 1.74 bits per heavy atom. The smallest absolute Gasteiger partial charge is 0.405 e. The van der Waals surface area contributed by atoms with E-state index in [1.165, 1.54) is 0 Å². The van der Waals surface area contributed by atoms with E-state index in [9.17, 15) is 9.59 Å². The first-order valence-corrected chi connectivity index (χ1v) is 7.46. The lowest BCUT2D eigenvalue weighted by molar-refractivity contribution is 0.112. The van der Waals surface area contributed by atoms with E-state index in [0.717, 1.165) is 23.0 Å². The Balaban J connectivity index is 2.40. The molecule has 0 aliphatic heterocycles. The van der Waals surface area contributed by atoms with Crippen molar-refractivity contribution in [3.63, 3.8) is 0 Å². The van der Waals surface area contributed by atoms with Crippen LogP contribution in [0.1, 0.15) is 42.7 Å². The quantitative estimate of drug-likeness (QED) is 0.816. The van der Waals surface area contributed by atoms with Crippen molar-refractivity contribution in [1.29, 1.82) is 0 Å². The molecule has 2 N–H and O–H groups in total. The highest BCUT2D eigenvalue weighted by molar-refractivity contribution is 5.77. The topological polar surface area (TPSA) is 66.4 Å². The van der Waals surface area contributed by atoms with Crippen LogP contribution in [-0.2, 0) is 0 Å². The van der Waals surface area contributed by atoms with Gasteiger partial charge in [-0.2, -0.15) is 0 Å². The van der Waals surface area contributed by atoms with Crippen LogP contribution in [0.4, 0.5) is 4.79 Å². The van der Waals surface area contributed by atoms with E-state index in [1.54, 1.807) is 12.1 Å². The molecule has 0 saturated heterocycles. The van der Waals surface area contributed by atoms with Gasteiger partial charge in [0.05, 0.1) is 6.04 Å². The van der Waals surface area contributed by atoms with Gasteiger partial charge >= 0.3 is 6.09 Å². The summed E-state index contributed by atoms with van der Waals surface area (Å²) in [5, 5.41) is 11.7. The summed E-state index contributed by atoms with van der Waals surface area (Å²) in [6, 6.07) is 14.8. The van der Waals surface area contributed by atoms with Gasteiger partial charge in [-0.25, -0.2) is 4.79 Å². The third-order valence-corrected chi connectivity index (χ3v) is 3.73. The van der Waals surface area contributed by atoms with E-state index in [0.29, 0.717) is 5.56 Å². The molecule has 0 heterocycles. The predicted molar refractivity (Wildman–Crippen MR) is 90.6 cm³/mol. The number of hydrogen-bond acceptors (Lipinski definition) is 2. The third-order valence-electron chi connectivity index (χ3n) is 3.73. The first kappa shape index (κ1) is 16.7. The molecule has 1 unspecified atom stereocenters. The summed E-state index contributed by atoms with van der Waals surface area (Å²) in [4.78, 5) is 21.9. The Labute approximate surface area is 136 Å². The van der Waals surface area contributed by atoms with Crippen molar-refractivity contribution in [2.24, 2.45) is 5.41 Å². The van der Waals surface area contributed by atoms with Crippen LogP contribution in [0, 0.1) is 5.41 Å². The van der Waals surface area contributed by atoms with E-state index in [1.807, 2.05) is 57.2 Å². The number of rotatable bonds is 4. The molecule has 23 heavy (non-hydrogen) atoms. The molecule has 4 heteroatoms. The predicted octanol–water partition coefficient (Wildman–Crippen LogP) is 4.52. The van der Waals surface area contributed by atoms with Crippen molar-refractivity contribution in [3.05, 3.63) is 59.7 Å². The fourth-order valence-corrected chi connectivity index (χ4v) is 2.58. The summed E-state index contributed by atoms with van der Waals surface area (Å²) in [7, 11) is 0. The van der Waals surface area contributed by atoms with Crippen LogP contribution in [0.15, 0.2) is 48.5 Å². The summed E-state index contributed by atoms with van der Waals surface area (Å²) < 4.78 is 0. The van der Waals surface area contributed by atoms with Crippen molar-refractivity contribution >= 4 is 12.4 Å². The van der Waals surface area contributed by atoms with Gasteiger partial charge in [0, 0.05) is 5.56 Å². The maximum absolute atomic E-state index is 11.1. The maximum Gasteiger partial charge on any atom is 0.405 e. The highest BCUT2D eigenvalue weighted by Crippen LogP contribution is 2.34. The molecule has 2 rings (SSSR count). The van der Waals surface area contributed by atoms with Gasteiger partial charge < -0.3 is 10.4 Å². The molecule has 4 nitrogen and oxygen atoms in total. The molecule has 0 spiro atoms. The number of carboxylic acid groups (broad SMARTS) is 1. The molecular weight excluding hydrogens is 290 g/mol. The zero-order valence-electron chi connectivity index (χ0n) is 13.5. The highest BCUT2D eigenvalue weighted by atomic mass is 16.4. The molecule has 120 valence electrons. The van der Waals surface area contributed by atoms with E-state index < -0.39 is 6.09 Å². The van der Waals surface area contributed by atoms with Gasteiger partial charge in [-0.05, 0) is 28.2 Å². The summed E-state index contributed by atoms with van der Waals surface area (Å²) in [5.74, 6) is 0. The number of aldehydes is 1. The monoisotopic (exact) mass is 311 g/mol. The second-order valence-electron chi connectivity index (χ2n) is 6.61. The van der Waals surface area contributed by atoms with Gasteiger partial charge in [0.2, 0.25) is 0 Å². The van der Waals surface area contributed by atoms with Gasteiger partial charge in [-0.3, -0.25) is 4.79 Å². The van der Waals surface area contributed by atoms with Gasteiger partial charge in [0.1, 0.15) is 6.29 Å². The number of nitrogens with one attached hydrogen (secondary N) is 1. The Morgan fingerprint density at radius 1 is 1.09 bits per heavy atom. The molecule has 0 fully saturated rings. The van der Waals surface area contributed by atoms with Gasteiger partial charge in [0.25, 0.3) is 0 Å². The largest absolute Gasteiger partial charge is 0.465 e. The number of benzene rings is 2. The lowest BCUT2D eigenvalue weighted by Crippen LogP contribution is -2.35. The molecular formula is C19H21NO3. The Kier molecular flexibility index (Phi) is 4.84. The summed E-state index contributed by atoms with van der Waals surface area (Å²) in [5.41, 5.74) is 3.27. The first-order chi connectivity index (χ1) is 10.8. The number of carbonyl (C=O) groups excluding carboxylic acids is 1. The van der Waals surface area contributed by atoms with Crippen LogP contribution in [-0.4, -0.2) is 17.5 Å². The highest BCUT2D eigenvalue weighted by Gasteiger charge is 2.28. The third kappa shape index (κ3) is 4.19. The zero-order valence-corrected chi connectivity index (χ0v) is 13.5. The zero-order chi connectivity index (χ0) is 17.0. The van der Waals surface area contributed by atoms with E-state index >= 15 is 0 Å². The number of amides is 1. The fourth-order valence-electron chi connectivity index (χ4n) is 2.58. The summed E-state index contributed by atoms with van der Waals surface area (Å²) >= 11 is 0. The van der Waals surface area contributed by atoms with Crippen LogP contribution >= 0.6 is 0 Å². The SMILES string of the molecule is CC(C)(C)C(NC(=O)O)c1cccc(-c2ccc(C=O)cc2)c1. The van der Waals surface area contributed by atoms with Crippen molar-refractivity contribution in [1.82, 2.24) is 5.32 Å². The summed E-state index contributed by atoms with van der Waals surface area (Å²) in [6.07, 6.45) is -0.224. The summed E-state index contributed by atoms with van der Waals surface area (Å²) in [6.45, 7) is 6.00. The Bertz CT molecular complexity index is 699. The lowest BCUT2D eigenvalue weighted by atomic mass is 9.81. The Hall–Kier alpha value is -2.62. The normalized spacial score (nSPS) is 12.5. The van der Waals surface area contributed by atoms with Gasteiger partial charge in [-0.1, -0.05) is 63.2 Å². The number of hydrogen-bond donors (Lipinski definition) is 2. The van der Waals surface area contributed by atoms with Crippen molar-refractivity contribution in [3.8, 4) is 11.1 Å². The Morgan fingerprint density at radius 3 is 2.26 bits per heavy atom. The molecule has 0 aromatic heterocycles. The van der Waals surface area contributed by atoms with E-state index in [2.05, 4.69) is 5.32 Å². The van der Waals surface area contributed by atoms with Gasteiger partial charge in [0.15, 0.2) is 0 Å². The van der Waals surface area contributed by atoms with Gasteiger partial charge in [-0.15, -0.1) is 0 Å². The van der Waals surface area contributed by atoms with Crippen molar-refractivity contribution < 1.29 is 14.7 Å². The van der Waals surface area contributed by atoms with E-state index in [-0.39, 0.29) is 11.5 Å². The molecule has 0 saturated carbocycles. The lowest BCUT2D eigenvalue weighted by Gasteiger charge is -2.31. The van der Waals surface area contributed by atoms with E-state index in [4.69, 9.17) is 5.11 Å². The van der Waals surface area contributed by atoms with Crippen LogP contribution in [0.25, 0.3) is 11.1 Å². The molecule has 2 aromatic rings. The molecule has 1 atom stereocenters. The average Bonchev–Trinajstić information content (AvgIpc) is 2.51. The second kappa shape index (κ2) is 6.65. The minimum Gasteiger partial charge on any atom is -0.465 e. The fraction of sp³-hybridized carbons (Fsp3) is 0.263. The maximum atomic E-state index is 11.1. The molecule has 0 radical (unpaired) electrons. The molecule has 0 aliphatic rings. The van der Waals surface area contributed by atoms with Crippen molar-refractivity contribution in [2.45, 2.75) is 26.8 Å². The molecule has 0 bridgehead atoms. The molecule has 1 amide bonds. The van der Waals surface area contributed by atoms with Crippen LogP contribution in [0.2, 0.25) is 0 Å².